The van der Waals surface area contributed by atoms with Gasteiger partial charge >= 0.3 is 0 Å². The summed E-state index contributed by atoms with van der Waals surface area (Å²) in [6.45, 7) is 0. The molecular formula is C13H20N2O. The monoisotopic (exact) mass is 220 g/mol. The van der Waals surface area contributed by atoms with Gasteiger partial charge in [-0.1, -0.05) is 6.07 Å². The summed E-state index contributed by atoms with van der Waals surface area (Å²) in [6.07, 6.45) is 2.68. The van der Waals surface area contributed by atoms with E-state index in [1.807, 2.05) is 0 Å². The molecule has 0 saturated heterocycles. The zero-order chi connectivity index (χ0) is 11.5. The predicted octanol–water partition coefficient (Wildman–Crippen LogP) is 2.34. The molecule has 0 aliphatic heterocycles. The summed E-state index contributed by atoms with van der Waals surface area (Å²) < 4.78 is 5.27. The van der Waals surface area contributed by atoms with Crippen LogP contribution in [0, 0.1) is 0 Å². The first-order valence-corrected chi connectivity index (χ1v) is 5.76. The van der Waals surface area contributed by atoms with Gasteiger partial charge in [0, 0.05) is 38.6 Å². The van der Waals surface area contributed by atoms with Gasteiger partial charge in [0.1, 0.15) is 0 Å². The molecule has 1 aliphatic rings. The van der Waals surface area contributed by atoms with Crippen molar-refractivity contribution >= 4 is 11.4 Å². The van der Waals surface area contributed by atoms with E-state index in [2.05, 4.69) is 48.6 Å². The van der Waals surface area contributed by atoms with Crippen molar-refractivity contribution < 1.29 is 4.74 Å². The van der Waals surface area contributed by atoms with Crippen molar-refractivity contribution in [3.63, 3.8) is 0 Å². The van der Waals surface area contributed by atoms with Gasteiger partial charge in [0.05, 0.1) is 6.10 Å². The first-order valence-electron chi connectivity index (χ1n) is 5.76. The lowest BCUT2D eigenvalue weighted by Crippen LogP contribution is -2.40. The Kier molecular flexibility index (Phi) is 3.34. The highest BCUT2D eigenvalue weighted by atomic mass is 16.5. The lowest BCUT2D eigenvalue weighted by molar-refractivity contribution is 0.0329. The van der Waals surface area contributed by atoms with E-state index in [0.29, 0.717) is 12.1 Å². The number of ether oxygens (including phenoxy) is 1. The molecule has 1 aromatic rings. The molecule has 1 fully saturated rings. The molecule has 3 nitrogen and oxygen atoms in total. The summed E-state index contributed by atoms with van der Waals surface area (Å²) in [5.41, 5.74) is 2.43. The first kappa shape index (κ1) is 11.3. The van der Waals surface area contributed by atoms with E-state index in [9.17, 15) is 0 Å². The highest BCUT2D eigenvalue weighted by molar-refractivity contribution is 5.57. The van der Waals surface area contributed by atoms with Gasteiger partial charge in [0.25, 0.3) is 0 Å². The number of rotatable bonds is 4. The van der Waals surface area contributed by atoms with Crippen LogP contribution in [-0.4, -0.2) is 33.4 Å². The fraction of sp³-hybridized carbons (Fsp3) is 0.538. The first-order chi connectivity index (χ1) is 7.69. The second-order valence-corrected chi connectivity index (χ2v) is 4.62. The molecule has 88 valence electrons. The maximum atomic E-state index is 5.27. The zero-order valence-corrected chi connectivity index (χ0v) is 10.2. The third kappa shape index (κ3) is 2.47. The predicted molar refractivity (Wildman–Crippen MR) is 68.2 cm³/mol. The van der Waals surface area contributed by atoms with Gasteiger partial charge in [-0.05, 0) is 31.0 Å². The third-order valence-electron chi connectivity index (χ3n) is 3.16. The minimum atomic E-state index is 0.453. The Morgan fingerprint density at radius 2 is 2.06 bits per heavy atom. The number of methoxy groups -OCH3 is 1. The molecular weight excluding hydrogens is 200 g/mol. The fourth-order valence-corrected chi connectivity index (χ4v) is 1.99. The smallest absolute Gasteiger partial charge is 0.0610 e. The van der Waals surface area contributed by atoms with E-state index < -0.39 is 0 Å². The van der Waals surface area contributed by atoms with E-state index in [1.165, 1.54) is 11.4 Å². The third-order valence-corrected chi connectivity index (χ3v) is 3.16. The van der Waals surface area contributed by atoms with E-state index >= 15 is 0 Å². The van der Waals surface area contributed by atoms with Crippen LogP contribution >= 0.6 is 0 Å². The van der Waals surface area contributed by atoms with Crippen molar-refractivity contribution in [1.29, 1.82) is 0 Å². The summed E-state index contributed by atoms with van der Waals surface area (Å²) in [5.74, 6) is 0. The molecule has 2 rings (SSSR count). The van der Waals surface area contributed by atoms with Crippen LogP contribution < -0.4 is 10.2 Å². The van der Waals surface area contributed by atoms with Crippen LogP contribution in [0.25, 0.3) is 0 Å². The maximum absolute atomic E-state index is 5.27. The zero-order valence-electron chi connectivity index (χ0n) is 10.2. The molecule has 1 aromatic carbocycles. The molecule has 16 heavy (non-hydrogen) atoms. The average Bonchev–Trinajstić information content (AvgIpc) is 2.23. The number of benzene rings is 1. The standard InChI is InChI=1S/C13H20N2O/c1-15(2)12-6-4-5-10(7-12)14-11-8-13(9-11)16-3/h4-7,11,13-14H,8-9H2,1-3H3. The van der Waals surface area contributed by atoms with Crippen molar-refractivity contribution in [2.24, 2.45) is 0 Å². The molecule has 1 aliphatic carbocycles. The van der Waals surface area contributed by atoms with Crippen LogP contribution in [0.15, 0.2) is 24.3 Å². The van der Waals surface area contributed by atoms with Crippen molar-refractivity contribution in [2.75, 3.05) is 31.4 Å². The summed E-state index contributed by atoms with van der Waals surface area (Å²) in [6, 6.07) is 9.07. The molecule has 0 bridgehead atoms. The minimum Gasteiger partial charge on any atom is -0.382 e. The fourth-order valence-electron chi connectivity index (χ4n) is 1.99. The molecule has 0 heterocycles. The van der Waals surface area contributed by atoms with Gasteiger partial charge in [-0.25, -0.2) is 0 Å². The molecule has 0 spiro atoms. The number of hydrogen-bond donors (Lipinski definition) is 1. The Hall–Kier alpha value is -1.22. The number of hydrogen-bond acceptors (Lipinski definition) is 3. The van der Waals surface area contributed by atoms with Gasteiger partial charge in [-0.2, -0.15) is 0 Å². The quantitative estimate of drug-likeness (QED) is 0.843. The van der Waals surface area contributed by atoms with Crippen LogP contribution in [0.5, 0.6) is 0 Å². The molecule has 0 unspecified atom stereocenters. The molecule has 0 amide bonds. The topological polar surface area (TPSA) is 24.5 Å². The molecule has 1 N–H and O–H groups in total. The Morgan fingerprint density at radius 3 is 2.69 bits per heavy atom. The van der Waals surface area contributed by atoms with E-state index in [1.54, 1.807) is 7.11 Å². The SMILES string of the molecule is COC1CC(Nc2cccc(N(C)C)c2)C1. The second kappa shape index (κ2) is 4.74. The highest BCUT2D eigenvalue weighted by Gasteiger charge is 2.28. The van der Waals surface area contributed by atoms with Gasteiger partial charge in [0.15, 0.2) is 0 Å². The molecule has 1 saturated carbocycles. The van der Waals surface area contributed by atoms with Crippen LogP contribution in [0.3, 0.4) is 0 Å². The number of anilines is 2. The van der Waals surface area contributed by atoms with Gasteiger partial charge < -0.3 is 15.0 Å². The Balaban J connectivity index is 1.92. The van der Waals surface area contributed by atoms with Crippen LogP contribution in [0.1, 0.15) is 12.8 Å². The number of nitrogens with zero attached hydrogens (tertiary/aromatic N) is 1. The van der Waals surface area contributed by atoms with Crippen molar-refractivity contribution in [1.82, 2.24) is 0 Å². The summed E-state index contributed by atoms with van der Waals surface area (Å²) >= 11 is 0. The molecule has 3 heteroatoms. The molecule has 0 atom stereocenters. The van der Waals surface area contributed by atoms with E-state index in [-0.39, 0.29) is 0 Å². The van der Waals surface area contributed by atoms with Gasteiger partial charge in [-0.3, -0.25) is 0 Å². The largest absolute Gasteiger partial charge is 0.382 e. The minimum absolute atomic E-state index is 0.453. The van der Waals surface area contributed by atoms with Crippen molar-refractivity contribution in [3.05, 3.63) is 24.3 Å². The molecule has 0 aromatic heterocycles. The Labute approximate surface area is 97.4 Å². The summed E-state index contributed by atoms with van der Waals surface area (Å²) in [4.78, 5) is 2.11. The van der Waals surface area contributed by atoms with Crippen molar-refractivity contribution in [2.45, 2.75) is 25.0 Å². The Morgan fingerprint density at radius 1 is 1.31 bits per heavy atom. The normalized spacial score (nSPS) is 23.7. The molecule has 0 radical (unpaired) electrons. The summed E-state index contributed by atoms with van der Waals surface area (Å²) in [7, 11) is 5.90. The van der Waals surface area contributed by atoms with E-state index in [0.717, 1.165) is 12.8 Å². The maximum Gasteiger partial charge on any atom is 0.0610 e. The number of nitrogens with one attached hydrogen (secondary N) is 1. The lowest BCUT2D eigenvalue weighted by atomic mass is 9.89. The Bertz CT molecular complexity index is 346. The van der Waals surface area contributed by atoms with Gasteiger partial charge in [0.2, 0.25) is 0 Å². The van der Waals surface area contributed by atoms with Crippen LogP contribution in [0.4, 0.5) is 11.4 Å². The lowest BCUT2D eigenvalue weighted by Gasteiger charge is -2.35. The van der Waals surface area contributed by atoms with Crippen LogP contribution in [-0.2, 0) is 4.74 Å². The highest BCUT2D eigenvalue weighted by Crippen LogP contribution is 2.27. The summed E-state index contributed by atoms with van der Waals surface area (Å²) in [5, 5.41) is 3.53. The second-order valence-electron chi connectivity index (χ2n) is 4.62. The van der Waals surface area contributed by atoms with Crippen molar-refractivity contribution in [3.8, 4) is 0 Å². The van der Waals surface area contributed by atoms with Gasteiger partial charge in [-0.15, -0.1) is 0 Å². The average molecular weight is 220 g/mol. The van der Waals surface area contributed by atoms with E-state index in [4.69, 9.17) is 4.74 Å². The van der Waals surface area contributed by atoms with Crippen LogP contribution in [0.2, 0.25) is 0 Å².